The molecule has 0 bridgehead atoms. The van der Waals surface area contributed by atoms with Crippen molar-refractivity contribution in [3.05, 3.63) is 83.0 Å². The summed E-state index contributed by atoms with van der Waals surface area (Å²) in [6, 6.07) is 16.1. The minimum atomic E-state index is -0.538. The summed E-state index contributed by atoms with van der Waals surface area (Å²) in [7, 11) is 0. The van der Waals surface area contributed by atoms with E-state index in [1.165, 1.54) is 18.2 Å². The number of halogens is 2. The van der Waals surface area contributed by atoms with Crippen LogP contribution in [0.1, 0.15) is 16.3 Å². The fourth-order valence-corrected chi connectivity index (χ4v) is 2.22. The summed E-state index contributed by atoms with van der Waals surface area (Å²) < 4.78 is 24.5. The van der Waals surface area contributed by atoms with Gasteiger partial charge >= 0.3 is 0 Å². The maximum absolute atomic E-state index is 13.5. The second kappa shape index (κ2) is 7.19. The minimum absolute atomic E-state index is 0.0658. The van der Waals surface area contributed by atoms with Gasteiger partial charge in [-0.3, -0.25) is 4.79 Å². The molecule has 1 N–H and O–H groups in total. The molecule has 6 heteroatoms. The number of anilines is 1. The average molecular weight is 346 g/mol. The Labute approximate surface area is 142 Å². The van der Waals surface area contributed by atoms with Gasteiger partial charge in [-0.05, 0) is 36.4 Å². The van der Waals surface area contributed by atoms with Gasteiger partial charge in [-0.2, -0.15) is 0 Å². The Balaban J connectivity index is 1.64. The second-order valence-corrected chi connectivity index (χ2v) is 5.33. The Hall–Kier alpha value is -2.79. The lowest BCUT2D eigenvalue weighted by Gasteiger charge is -2.06. The third-order valence-corrected chi connectivity index (χ3v) is 3.53. The molecule has 1 heterocycles. The summed E-state index contributed by atoms with van der Waals surface area (Å²) in [6.07, 6.45) is 0. The molecule has 0 fully saturated rings. The molecule has 3 aromatic rings. The third-order valence-electron chi connectivity index (χ3n) is 3.21. The smallest absolute Gasteiger partial charge is 0.291 e. The monoisotopic (exact) mass is 345 g/mol. The van der Waals surface area contributed by atoms with Crippen LogP contribution < -0.4 is 10.1 Å². The van der Waals surface area contributed by atoms with E-state index in [9.17, 15) is 9.18 Å². The molecule has 0 saturated heterocycles. The van der Waals surface area contributed by atoms with Gasteiger partial charge in [0.2, 0.25) is 0 Å². The van der Waals surface area contributed by atoms with E-state index in [0.717, 1.165) is 0 Å². The van der Waals surface area contributed by atoms with Gasteiger partial charge in [-0.25, -0.2) is 4.39 Å². The Kier molecular flexibility index (Phi) is 4.82. The summed E-state index contributed by atoms with van der Waals surface area (Å²) in [6.45, 7) is 0.122. The number of para-hydroxylation sites is 2. The topological polar surface area (TPSA) is 51.5 Å². The van der Waals surface area contributed by atoms with E-state index in [-0.39, 0.29) is 18.1 Å². The van der Waals surface area contributed by atoms with Gasteiger partial charge in [0.15, 0.2) is 5.76 Å². The normalized spacial score (nSPS) is 10.4. The van der Waals surface area contributed by atoms with Crippen molar-refractivity contribution in [2.24, 2.45) is 0 Å². The van der Waals surface area contributed by atoms with Crippen LogP contribution >= 0.6 is 11.6 Å². The summed E-state index contributed by atoms with van der Waals surface area (Å²) in [5.74, 6) is -0.0127. The van der Waals surface area contributed by atoms with Crippen LogP contribution in [-0.4, -0.2) is 5.91 Å². The van der Waals surface area contributed by atoms with E-state index in [0.29, 0.717) is 16.5 Å². The highest BCUT2D eigenvalue weighted by Crippen LogP contribution is 2.24. The van der Waals surface area contributed by atoms with Crippen LogP contribution in [0.3, 0.4) is 0 Å². The number of ether oxygens (including phenoxy) is 1. The fraction of sp³-hybridized carbons (Fsp3) is 0.0556. The number of carbonyl (C=O) groups is 1. The Morgan fingerprint density at radius 2 is 1.83 bits per heavy atom. The molecule has 4 nitrogen and oxygen atoms in total. The van der Waals surface area contributed by atoms with Crippen molar-refractivity contribution in [3.8, 4) is 5.75 Å². The molecule has 0 aliphatic carbocycles. The van der Waals surface area contributed by atoms with E-state index >= 15 is 0 Å². The molecular formula is C18H13ClFNO3. The van der Waals surface area contributed by atoms with E-state index in [2.05, 4.69) is 5.32 Å². The molecule has 3 rings (SSSR count). The molecule has 24 heavy (non-hydrogen) atoms. The molecule has 0 aliphatic rings. The number of carbonyl (C=O) groups excluding carboxylic acids is 1. The van der Waals surface area contributed by atoms with Crippen LogP contribution in [0.5, 0.6) is 5.75 Å². The van der Waals surface area contributed by atoms with Gasteiger partial charge < -0.3 is 14.5 Å². The first-order valence-electron chi connectivity index (χ1n) is 7.15. The fourth-order valence-electron chi connectivity index (χ4n) is 2.03. The van der Waals surface area contributed by atoms with E-state index in [1.54, 1.807) is 42.5 Å². The van der Waals surface area contributed by atoms with E-state index < -0.39 is 11.7 Å². The lowest BCUT2D eigenvalue weighted by Crippen LogP contribution is -2.12. The third kappa shape index (κ3) is 3.75. The minimum Gasteiger partial charge on any atom is -0.484 e. The zero-order valence-electron chi connectivity index (χ0n) is 12.5. The Morgan fingerprint density at radius 3 is 2.62 bits per heavy atom. The van der Waals surface area contributed by atoms with Crippen molar-refractivity contribution in [1.82, 2.24) is 0 Å². The largest absolute Gasteiger partial charge is 0.484 e. The molecule has 0 aliphatic heterocycles. The first-order chi connectivity index (χ1) is 11.6. The van der Waals surface area contributed by atoms with Gasteiger partial charge in [0, 0.05) is 0 Å². The van der Waals surface area contributed by atoms with Crippen LogP contribution in [-0.2, 0) is 6.61 Å². The van der Waals surface area contributed by atoms with Gasteiger partial charge in [-0.15, -0.1) is 0 Å². The highest BCUT2D eigenvalue weighted by atomic mass is 35.5. The van der Waals surface area contributed by atoms with Gasteiger partial charge in [0.1, 0.15) is 23.9 Å². The number of amides is 1. The molecule has 0 spiro atoms. The predicted molar refractivity (Wildman–Crippen MR) is 88.8 cm³/mol. The zero-order chi connectivity index (χ0) is 16.9. The molecular weight excluding hydrogens is 333 g/mol. The first-order valence-corrected chi connectivity index (χ1v) is 7.53. The SMILES string of the molecule is O=C(Nc1ccccc1F)c1ccc(COc2ccccc2Cl)o1. The van der Waals surface area contributed by atoms with Crippen LogP contribution in [0.2, 0.25) is 5.02 Å². The van der Waals surface area contributed by atoms with Gasteiger partial charge in [0.05, 0.1) is 10.7 Å². The molecule has 0 unspecified atom stereocenters. The number of benzene rings is 2. The molecule has 1 amide bonds. The summed E-state index contributed by atoms with van der Waals surface area (Å²) in [5.41, 5.74) is 0.0905. The van der Waals surface area contributed by atoms with Crippen molar-refractivity contribution in [3.63, 3.8) is 0 Å². The van der Waals surface area contributed by atoms with Gasteiger partial charge in [0.25, 0.3) is 5.91 Å². The van der Waals surface area contributed by atoms with Crippen molar-refractivity contribution in [2.75, 3.05) is 5.32 Å². The highest BCUT2D eigenvalue weighted by Gasteiger charge is 2.13. The number of nitrogens with one attached hydrogen (secondary N) is 1. The molecule has 122 valence electrons. The van der Waals surface area contributed by atoms with Crippen molar-refractivity contribution in [1.29, 1.82) is 0 Å². The first kappa shape index (κ1) is 16.1. The van der Waals surface area contributed by atoms with Crippen LogP contribution in [0, 0.1) is 5.82 Å². The Morgan fingerprint density at radius 1 is 1.08 bits per heavy atom. The molecule has 2 aromatic carbocycles. The van der Waals surface area contributed by atoms with Crippen LogP contribution in [0.4, 0.5) is 10.1 Å². The van der Waals surface area contributed by atoms with Crippen molar-refractivity contribution in [2.45, 2.75) is 6.61 Å². The van der Waals surface area contributed by atoms with E-state index in [1.807, 2.05) is 0 Å². The van der Waals surface area contributed by atoms with Crippen molar-refractivity contribution >= 4 is 23.2 Å². The number of rotatable bonds is 5. The lowest BCUT2D eigenvalue weighted by molar-refractivity contribution is 0.0992. The average Bonchev–Trinajstić information content (AvgIpc) is 3.05. The number of hydrogen-bond acceptors (Lipinski definition) is 3. The number of furan rings is 1. The second-order valence-electron chi connectivity index (χ2n) is 4.92. The Bertz CT molecular complexity index is 863. The van der Waals surface area contributed by atoms with Crippen molar-refractivity contribution < 1.29 is 18.3 Å². The molecule has 0 saturated carbocycles. The molecule has 0 radical (unpaired) electrons. The lowest BCUT2D eigenvalue weighted by atomic mass is 10.3. The summed E-state index contributed by atoms with van der Waals surface area (Å²) >= 11 is 6.00. The highest BCUT2D eigenvalue weighted by molar-refractivity contribution is 6.32. The molecule has 0 atom stereocenters. The predicted octanol–water partition coefficient (Wildman–Crippen LogP) is 4.90. The standard InChI is InChI=1S/C18H13ClFNO3/c19-13-5-1-4-8-16(13)23-11-12-9-10-17(24-12)18(22)21-15-7-3-2-6-14(15)20/h1-10H,11H2,(H,21,22). The summed E-state index contributed by atoms with van der Waals surface area (Å²) in [5, 5.41) is 2.94. The maximum atomic E-state index is 13.5. The van der Waals surface area contributed by atoms with E-state index in [4.69, 9.17) is 20.8 Å². The van der Waals surface area contributed by atoms with Gasteiger partial charge in [-0.1, -0.05) is 35.9 Å². The quantitative estimate of drug-likeness (QED) is 0.715. The van der Waals surface area contributed by atoms with Crippen LogP contribution in [0.15, 0.2) is 65.1 Å². The van der Waals surface area contributed by atoms with Crippen LogP contribution in [0.25, 0.3) is 0 Å². The summed E-state index contributed by atoms with van der Waals surface area (Å²) in [4.78, 5) is 12.1. The zero-order valence-corrected chi connectivity index (χ0v) is 13.2. The molecule has 1 aromatic heterocycles. The number of hydrogen-bond donors (Lipinski definition) is 1. The maximum Gasteiger partial charge on any atom is 0.291 e.